The Morgan fingerprint density at radius 2 is 2.00 bits per heavy atom. The monoisotopic (exact) mass is 359 g/mol. The summed E-state index contributed by atoms with van der Waals surface area (Å²) in [4.78, 5) is 30.3. The van der Waals surface area contributed by atoms with Crippen molar-refractivity contribution in [3.63, 3.8) is 0 Å². The summed E-state index contributed by atoms with van der Waals surface area (Å²) < 4.78 is 1.73. The molecule has 3 fully saturated rings. The summed E-state index contributed by atoms with van der Waals surface area (Å²) >= 11 is 0. The number of hydrogen-bond acceptors (Lipinski definition) is 4. The maximum absolute atomic E-state index is 13.2. The Kier molecular flexibility index (Phi) is 4.88. The van der Waals surface area contributed by atoms with Gasteiger partial charge in [-0.2, -0.15) is 0 Å². The van der Waals surface area contributed by atoms with E-state index >= 15 is 0 Å². The molecule has 1 unspecified atom stereocenters. The summed E-state index contributed by atoms with van der Waals surface area (Å²) in [5.41, 5.74) is 0.949. The molecule has 0 radical (unpaired) electrons. The van der Waals surface area contributed by atoms with Crippen LogP contribution in [0.5, 0.6) is 0 Å². The minimum absolute atomic E-state index is 0.132. The van der Waals surface area contributed by atoms with Crippen LogP contribution in [0.3, 0.4) is 0 Å². The summed E-state index contributed by atoms with van der Waals surface area (Å²) in [5.74, 6) is 0.650. The van der Waals surface area contributed by atoms with Gasteiger partial charge in [-0.3, -0.25) is 14.5 Å². The van der Waals surface area contributed by atoms with Crippen LogP contribution >= 0.6 is 0 Å². The molecule has 1 aromatic heterocycles. The predicted octanol–water partition coefficient (Wildman–Crippen LogP) is 1.41. The van der Waals surface area contributed by atoms with E-state index in [1.807, 2.05) is 24.1 Å². The number of carbonyl (C=O) groups is 1. The molecule has 1 saturated heterocycles. The van der Waals surface area contributed by atoms with E-state index in [1.165, 1.54) is 12.8 Å². The number of carbonyl (C=O) groups excluding carboxylic acids is 1. The van der Waals surface area contributed by atoms with Crippen LogP contribution in [-0.4, -0.2) is 64.2 Å². The first-order valence-corrected chi connectivity index (χ1v) is 9.94. The molecule has 1 atom stereocenters. The molecule has 2 saturated carbocycles. The van der Waals surface area contributed by atoms with Crippen LogP contribution in [0.25, 0.3) is 0 Å². The number of piperazine rings is 1. The summed E-state index contributed by atoms with van der Waals surface area (Å²) in [5, 5.41) is 9.44. The van der Waals surface area contributed by atoms with Gasteiger partial charge in [0.15, 0.2) is 0 Å². The molecule has 1 amide bonds. The number of hydrogen-bond donors (Lipinski definition) is 1. The molecule has 0 bridgehead atoms. The van der Waals surface area contributed by atoms with E-state index < -0.39 is 0 Å². The third-order valence-electron chi connectivity index (χ3n) is 6.03. The molecule has 26 heavy (non-hydrogen) atoms. The molecular formula is C20H29N3O3. The maximum atomic E-state index is 13.2. The first-order chi connectivity index (χ1) is 12.6. The van der Waals surface area contributed by atoms with Gasteiger partial charge >= 0.3 is 0 Å². The van der Waals surface area contributed by atoms with Crippen molar-refractivity contribution in [3.8, 4) is 0 Å². The van der Waals surface area contributed by atoms with Crippen molar-refractivity contribution < 1.29 is 9.90 Å². The number of aliphatic hydroxyl groups is 1. The van der Waals surface area contributed by atoms with Gasteiger partial charge in [0.2, 0.25) is 0 Å². The molecule has 1 aliphatic heterocycles. The van der Waals surface area contributed by atoms with Crippen LogP contribution in [0.2, 0.25) is 0 Å². The van der Waals surface area contributed by atoms with Crippen molar-refractivity contribution in [3.05, 3.63) is 33.7 Å². The van der Waals surface area contributed by atoms with Crippen molar-refractivity contribution >= 4 is 5.91 Å². The van der Waals surface area contributed by atoms with E-state index in [0.29, 0.717) is 25.1 Å². The number of pyridine rings is 1. The Bertz CT molecular complexity index is 736. The van der Waals surface area contributed by atoms with E-state index in [2.05, 4.69) is 4.90 Å². The average molecular weight is 359 g/mol. The number of aliphatic hydroxyl groups excluding tert-OH is 1. The van der Waals surface area contributed by atoms with E-state index in [4.69, 9.17) is 0 Å². The van der Waals surface area contributed by atoms with E-state index in [9.17, 15) is 14.7 Å². The molecule has 0 aromatic carbocycles. The second-order valence-electron chi connectivity index (χ2n) is 8.17. The van der Waals surface area contributed by atoms with Crippen LogP contribution in [0.1, 0.15) is 54.1 Å². The van der Waals surface area contributed by atoms with Crippen molar-refractivity contribution in [2.45, 2.75) is 51.1 Å². The lowest BCUT2D eigenvalue weighted by Gasteiger charge is -2.41. The minimum Gasteiger partial charge on any atom is -0.396 e. The number of rotatable bonds is 6. The van der Waals surface area contributed by atoms with Crippen LogP contribution in [-0.2, 0) is 0 Å². The quantitative estimate of drug-likeness (QED) is 0.834. The average Bonchev–Trinajstić information content (AvgIpc) is 3.51. The Hall–Kier alpha value is -1.66. The normalized spacial score (nSPS) is 24.1. The van der Waals surface area contributed by atoms with Crippen LogP contribution in [0.15, 0.2) is 17.1 Å². The minimum atomic E-state index is -0.142. The molecule has 2 heterocycles. The highest BCUT2D eigenvalue weighted by Crippen LogP contribution is 2.34. The molecule has 1 aromatic rings. The second kappa shape index (κ2) is 7.16. The highest BCUT2D eigenvalue weighted by atomic mass is 16.3. The van der Waals surface area contributed by atoms with Crippen LogP contribution < -0.4 is 5.56 Å². The Morgan fingerprint density at radius 3 is 2.65 bits per heavy atom. The standard InChI is InChI=1S/C20H29N3O3/c1-14-6-8-23(16-4-5-16)20(26)18(14)19(25)22-10-9-21(12-15-2-3-15)17(13-22)7-11-24/h6,8,15-17,24H,2-5,7,9-13H2,1H3. The molecule has 2 aliphatic carbocycles. The van der Waals surface area contributed by atoms with Crippen LogP contribution in [0, 0.1) is 12.8 Å². The largest absolute Gasteiger partial charge is 0.396 e. The fraction of sp³-hybridized carbons (Fsp3) is 0.700. The topological polar surface area (TPSA) is 65.8 Å². The molecule has 6 nitrogen and oxygen atoms in total. The fourth-order valence-electron chi connectivity index (χ4n) is 4.07. The summed E-state index contributed by atoms with van der Waals surface area (Å²) in [6, 6.07) is 2.35. The Labute approximate surface area is 154 Å². The van der Waals surface area contributed by atoms with Crippen molar-refractivity contribution in [1.29, 1.82) is 0 Å². The molecular weight excluding hydrogens is 330 g/mol. The number of nitrogens with zero attached hydrogens (tertiary/aromatic N) is 3. The lowest BCUT2D eigenvalue weighted by atomic mass is 10.1. The molecule has 142 valence electrons. The maximum Gasteiger partial charge on any atom is 0.263 e. The molecule has 0 spiro atoms. The van der Waals surface area contributed by atoms with Gasteiger partial charge in [0.25, 0.3) is 11.5 Å². The predicted molar refractivity (Wildman–Crippen MR) is 99.4 cm³/mol. The Balaban J connectivity index is 1.53. The van der Waals surface area contributed by atoms with Crippen molar-refractivity contribution in [2.75, 3.05) is 32.8 Å². The third kappa shape index (κ3) is 3.58. The number of aryl methyl sites for hydroxylation is 1. The summed E-state index contributed by atoms with van der Waals surface area (Å²) in [6.45, 7) is 5.14. The van der Waals surface area contributed by atoms with Gasteiger partial charge < -0.3 is 14.6 Å². The number of amides is 1. The zero-order valence-electron chi connectivity index (χ0n) is 15.6. The SMILES string of the molecule is Cc1ccn(C2CC2)c(=O)c1C(=O)N1CCN(CC2CC2)C(CCO)C1. The van der Waals surface area contributed by atoms with Gasteiger partial charge in [-0.15, -0.1) is 0 Å². The van der Waals surface area contributed by atoms with Crippen molar-refractivity contribution in [1.82, 2.24) is 14.4 Å². The Morgan fingerprint density at radius 1 is 1.23 bits per heavy atom. The number of aromatic nitrogens is 1. The van der Waals surface area contributed by atoms with Gasteiger partial charge in [-0.1, -0.05) is 0 Å². The molecule has 4 rings (SSSR count). The van der Waals surface area contributed by atoms with E-state index in [0.717, 1.165) is 37.4 Å². The van der Waals surface area contributed by atoms with E-state index in [-0.39, 0.29) is 30.2 Å². The van der Waals surface area contributed by atoms with Crippen LogP contribution in [0.4, 0.5) is 0 Å². The lowest BCUT2D eigenvalue weighted by Crippen LogP contribution is -2.56. The van der Waals surface area contributed by atoms with Gasteiger partial charge in [-0.25, -0.2) is 0 Å². The third-order valence-corrected chi connectivity index (χ3v) is 6.03. The van der Waals surface area contributed by atoms with Crippen molar-refractivity contribution in [2.24, 2.45) is 5.92 Å². The summed E-state index contributed by atoms with van der Waals surface area (Å²) in [6.07, 6.45) is 7.15. The molecule has 1 N–H and O–H groups in total. The first-order valence-electron chi connectivity index (χ1n) is 9.94. The van der Waals surface area contributed by atoms with Gasteiger partial charge in [0, 0.05) is 51.1 Å². The van der Waals surface area contributed by atoms with E-state index in [1.54, 1.807) is 4.57 Å². The smallest absolute Gasteiger partial charge is 0.263 e. The van der Waals surface area contributed by atoms with Gasteiger partial charge in [0.05, 0.1) is 0 Å². The van der Waals surface area contributed by atoms with Gasteiger partial charge in [-0.05, 0) is 56.6 Å². The summed E-state index contributed by atoms with van der Waals surface area (Å²) in [7, 11) is 0. The second-order valence-corrected chi connectivity index (χ2v) is 8.17. The zero-order valence-corrected chi connectivity index (χ0v) is 15.6. The lowest BCUT2D eigenvalue weighted by molar-refractivity contribution is 0.0404. The highest BCUT2D eigenvalue weighted by molar-refractivity contribution is 5.95. The molecule has 3 aliphatic rings. The van der Waals surface area contributed by atoms with Gasteiger partial charge in [0.1, 0.15) is 5.56 Å². The first kappa shape index (κ1) is 17.7. The fourth-order valence-corrected chi connectivity index (χ4v) is 4.07. The molecule has 6 heteroatoms. The highest BCUT2D eigenvalue weighted by Gasteiger charge is 2.35. The zero-order chi connectivity index (χ0) is 18.3.